The van der Waals surface area contributed by atoms with Gasteiger partial charge in [-0.05, 0) is 28.7 Å². The predicted octanol–water partition coefficient (Wildman–Crippen LogP) is 8.26. The van der Waals surface area contributed by atoms with Gasteiger partial charge in [-0.1, -0.05) is 125 Å². The maximum Gasteiger partial charge on any atom is 0.156 e. The van der Waals surface area contributed by atoms with Gasteiger partial charge < -0.3 is 4.90 Å². The highest BCUT2D eigenvalue weighted by atomic mass is 32.2. The summed E-state index contributed by atoms with van der Waals surface area (Å²) in [7, 11) is 0. The standard InChI is InChI=1S/C27H38N2S/c1-2-3-4-5-6-7-8-9-10-15-20-30-27(28)29-21-23-16-11-13-18-25(23)26-19-14-12-17-24(26)22-29/h11-14,16-19,28H,2-10,15,20-22H2,1H3. The molecule has 0 saturated carbocycles. The zero-order valence-corrected chi connectivity index (χ0v) is 19.5. The Kier molecular flexibility index (Phi) is 9.82. The molecule has 3 heteroatoms. The molecular formula is C27H38N2S. The minimum absolute atomic E-state index is 0.720. The molecule has 0 amide bonds. The van der Waals surface area contributed by atoms with Crippen LogP contribution in [0.4, 0.5) is 0 Å². The lowest BCUT2D eigenvalue weighted by atomic mass is 9.97. The molecule has 0 saturated heterocycles. The molecule has 0 aromatic heterocycles. The molecule has 1 aliphatic heterocycles. The summed E-state index contributed by atoms with van der Waals surface area (Å²) in [4.78, 5) is 2.24. The average molecular weight is 423 g/mol. The number of unbranched alkanes of at least 4 members (excludes halogenated alkanes) is 9. The lowest BCUT2D eigenvalue weighted by Gasteiger charge is -2.23. The van der Waals surface area contributed by atoms with E-state index < -0.39 is 0 Å². The van der Waals surface area contributed by atoms with Crippen LogP contribution in [-0.4, -0.2) is 15.8 Å². The largest absolute Gasteiger partial charge is 0.343 e. The van der Waals surface area contributed by atoms with E-state index in [1.165, 1.54) is 86.5 Å². The van der Waals surface area contributed by atoms with Crippen molar-refractivity contribution in [2.24, 2.45) is 0 Å². The molecule has 162 valence electrons. The molecule has 1 aliphatic rings. The van der Waals surface area contributed by atoms with E-state index in [0.29, 0.717) is 0 Å². The van der Waals surface area contributed by atoms with E-state index >= 15 is 0 Å². The second-order valence-corrected chi connectivity index (χ2v) is 9.59. The second-order valence-electron chi connectivity index (χ2n) is 8.51. The molecule has 0 bridgehead atoms. The van der Waals surface area contributed by atoms with Crippen molar-refractivity contribution in [3.05, 3.63) is 59.7 Å². The van der Waals surface area contributed by atoms with Gasteiger partial charge in [0, 0.05) is 18.8 Å². The SMILES string of the molecule is CCCCCCCCCCCCSC(=N)N1Cc2ccccc2-c2ccccc2C1. The van der Waals surface area contributed by atoms with Crippen molar-refractivity contribution in [1.29, 1.82) is 5.41 Å². The normalized spacial score (nSPS) is 12.9. The van der Waals surface area contributed by atoms with Crippen molar-refractivity contribution in [3.8, 4) is 11.1 Å². The van der Waals surface area contributed by atoms with Crippen molar-refractivity contribution < 1.29 is 0 Å². The third-order valence-corrected chi connectivity index (χ3v) is 7.10. The van der Waals surface area contributed by atoms with Gasteiger partial charge in [-0.15, -0.1) is 0 Å². The van der Waals surface area contributed by atoms with Crippen LogP contribution in [0.2, 0.25) is 0 Å². The first-order valence-corrected chi connectivity index (χ1v) is 12.9. The first kappa shape index (κ1) is 22.9. The van der Waals surface area contributed by atoms with E-state index in [2.05, 4.69) is 60.4 Å². The van der Waals surface area contributed by atoms with Gasteiger partial charge in [0.1, 0.15) is 0 Å². The van der Waals surface area contributed by atoms with Gasteiger partial charge in [-0.25, -0.2) is 0 Å². The van der Waals surface area contributed by atoms with Gasteiger partial charge in [0.2, 0.25) is 0 Å². The van der Waals surface area contributed by atoms with E-state index in [9.17, 15) is 0 Å². The molecule has 30 heavy (non-hydrogen) atoms. The van der Waals surface area contributed by atoms with Gasteiger partial charge in [-0.3, -0.25) is 5.41 Å². The van der Waals surface area contributed by atoms with Crippen LogP contribution >= 0.6 is 11.8 Å². The fraction of sp³-hybridized carbons (Fsp3) is 0.519. The van der Waals surface area contributed by atoms with E-state index in [0.717, 1.165) is 24.0 Å². The second kappa shape index (κ2) is 12.8. The summed E-state index contributed by atoms with van der Waals surface area (Å²) >= 11 is 1.73. The van der Waals surface area contributed by atoms with Gasteiger partial charge in [0.05, 0.1) is 0 Å². The molecule has 3 rings (SSSR count). The number of fused-ring (bicyclic) bond motifs is 3. The van der Waals surface area contributed by atoms with Crippen molar-refractivity contribution in [3.63, 3.8) is 0 Å². The zero-order valence-electron chi connectivity index (χ0n) is 18.7. The van der Waals surface area contributed by atoms with E-state index in [-0.39, 0.29) is 0 Å². The molecule has 1 heterocycles. The van der Waals surface area contributed by atoms with Gasteiger partial charge in [-0.2, -0.15) is 0 Å². The van der Waals surface area contributed by atoms with Gasteiger partial charge >= 0.3 is 0 Å². The molecule has 0 spiro atoms. The zero-order chi connectivity index (χ0) is 21.0. The molecule has 0 unspecified atom stereocenters. The lowest BCUT2D eigenvalue weighted by Crippen LogP contribution is -2.26. The molecule has 2 aromatic carbocycles. The monoisotopic (exact) mass is 422 g/mol. The maximum absolute atomic E-state index is 8.68. The summed E-state index contributed by atoms with van der Waals surface area (Å²) in [6, 6.07) is 17.3. The Hall–Kier alpha value is -1.74. The summed E-state index contributed by atoms with van der Waals surface area (Å²) in [5.41, 5.74) is 5.30. The minimum Gasteiger partial charge on any atom is -0.343 e. The lowest BCUT2D eigenvalue weighted by molar-refractivity contribution is 0.417. The Bertz CT molecular complexity index is 738. The Morgan fingerprint density at radius 2 is 1.20 bits per heavy atom. The van der Waals surface area contributed by atoms with Crippen LogP contribution in [0.5, 0.6) is 0 Å². The topological polar surface area (TPSA) is 27.1 Å². The fourth-order valence-electron chi connectivity index (χ4n) is 4.30. The van der Waals surface area contributed by atoms with Crippen molar-refractivity contribution >= 4 is 16.9 Å². The van der Waals surface area contributed by atoms with E-state index in [1.54, 1.807) is 11.8 Å². The van der Waals surface area contributed by atoms with Crippen LogP contribution < -0.4 is 0 Å². The summed E-state index contributed by atoms with van der Waals surface area (Å²) in [6.45, 7) is 3.94. The van der Waals surface area contributed by atoms with Crippen molar-refractivity contribution in [2.45, 2.75) is 84.2 Å². The maximum atomic E-state index is 8.68. The van der Waals surface area contributed by atoms with Crippen LogP contribution in [0.25, 0.3) is 11.1 Å². The quantitative estimate of drug-likeness (QED) is 0.224. The highest BCUT2D eigenvalue weighted by molar-refractivity contribution is 8.13. The molecular weight excluding hydrogens is 384 g/mol. The molecule has 2 aromatic rings. The molecule has 0 atom stereocenters. The number of nitrogens with one attached hydrogen (secondary N) is 1. The number of thioether (sulfide) groups is 1. The van der Waals surface area contributed by atoms with Crippen LogP contribution in [0, 0.1) is 5.41 Å². The third-order valence-electron chi connectivity index (χ3n) is 6.07. The highest BCUT2D eigenvalue weighted by Crippen LogP contribution is 2.33. The number of nitrogens with zero attached hydrogens (tertiary/aromatic N) is 1. The average Bonchev–Trinajstić information content (AvgIpc) is 2.94. The first-order valence-electron chi connectivity index (χ1n) is 11.9. The van der Waals surface area contributed by atoms with Crippen LogP contribution in [0.1, 0.15) is 82.3 Å². The Balaban J connectivity index is 1.39. The summed E-state index contributed by atoms with van der Waals surface area (Å²) in [5, 5.41) is 9.40. The van der Waals surface area contributed by atoms with Gasteiger partial charge in [0.25, 0.3) is 0 Å². The summed E-state index contributed by atoms with van der Waals surface area (Å²) in [5.74, 6) is 1.06. The number of amidine groups is 1. The predicted molar refractivity (Wildman–Crippen MR) is 133 cm³/mol. The summed E-state index contributed by atoms with van der Waals surface area (Å²) < 4.78 is 0. The molecule has 0 aliphatic carbocycles. The van der Waals surface area contributed by atoms with E-state index in [4.69, 9.17) is 5.41 Å². The van der Waals surface area contributed by atoms with Gasteiger partial charge in [0.15, 0.2) is 5.17 Å². The number of hydrogen-bond donors (Lipinski definition) is 1. The number of rotatable bonds is 11. The van der Waals surface area contributed by atoms with Crippen LogP contribution in [-0.2, 0) is 13.1 Å². The highest BCUT2D eigenvalue weighted by Gasteiger charge is 2.20. The summed E-state index contributed by atoms with van der Waals surface area (Å²) in [6.07, 6.45) is 13.7. The first-order chi connectivity index (χ1) is 14.8. The number of benzene rings is 2. The third kappa shape index (κ3) is 6.91. The van der Waals surface area contributed by atoms with Crippen LogP contribution in [0.15, 0.2) is 48.5 Å². The van der Waals surface area contributed by atoms with E-state index in [1.807, 2.05) is 0 Å². The fourth-order valence-corrected chi connectivity index (χ4v) is 5.16. The smallest absolute Gasteiger partial charge is 0.156 e. The minimum atomic E-state index is 0.720. The molecule has 1 N–H and O–H groups in total. The molecule has 0 fully saturated rings. The molecule has 0 radical (unpaired) electrons. The Labute approximate surface area is 188 Å². The van der Waals surface area contributed by atoms with Crippen molar-refractivity contribution in [2.75, 3.05) is 5.75 Å². The molecule has 2 nitrogen and oxygen atoms in total. The number of hydrogen-bond acceptors (Lipinski definition) is 2. The van der Waals surface area contributed by atoms with Crippen LogP contribution in [0.3, 0.4) is 0 Å². The van der Waals surface area contributed by atoms with Crippen molar-refractivity contribution in [1.82, 2.24) is 4.90 Å². The Morgan fingerprint density at radius 3 is 1.73 bits per heavy atom. The Morgan fingerprint density at radius 1 is 0.733 bits per heavy atom.